The van der Waals surface area contributed by atoms with Gasteiger partial charge < -0.3 is 10.1 Å². The molecule has 0 amide bonds. The number of nitrogens with zero attached hydrogens (tertiary/aromatic N) is 1. The maximum Gasteiger partial charge on any atom is 0.216 e. The molecule has 2 unspecified atom stereocenters. The average molecular weight is 442 g/mol. The average Bonchev–Trinajstić information content (AvgIpc) is 2.98. The largest absolute Gasteiger partial charge is 0.383 e. The Bertz CT molecular complexity index is 1070. The Morgan fingerprint density at radius 2 is 2.04 bits per heavy atom. The summed E-state index contributed by atoms with van der Waals surface area (Å²) in [5.74, 6) is -0.779. The zero-order chi connectivity index (χ0) is 19.1. The zero-order valence-electron chi connectivity index (χ0n) is 13.8. The van der Waals surface area contributed by atoms with Gasteiger partial charge in [0.1, 0.15) is 22.8 Å². The summed E-state index contributed by atoms with van der Waals surface area (Å²) in [7, 11) is -3.97. The molecule has 3 aromatic rings. The summed E-state index contributed by atoms with van der Waals surface area (Å²) in [5, 5.41) is 15.4. The number of fused-ring (bicyclic) bond motifs is 1. The van der Waals surface area contributed by atoms with Gasteiger partial charge in [-0.15, -0.1) is 0 Å². The second kappa shape index (κ2) is 7.07. The Labute approximate surface area is 158 Å². The number of rotatable bonds is 5. The highest BCUT2D eigenvalue weighted by molar-refractivity contribution is 9.10. The summed E-state index contributed by atoms with van der Waals surface area (Å²) in [6.45, 7) is 1.61. The molecule has 1 aromatic carbocycles. The zero-order valence-corrected chi connectivity index (χ0v) is 16.2. The lowest BCUT2D eigenvalue weighted by Gasteiger charge is -2.18. The number of halogens is 2. The van der Waals surface area contributed by atoms with E-state index < -0.39 is 27.2 Å². The number of H-pyrrole nitrogens is 1. The van der Waals surface area contributed by atoms with Crippen molar-refractivity contribution in [3.8, 4) is 0 Å². The number of aromatic nitrogens is 2. The number of hydrogen-bond donors (Lipinski definition) is 3. The summed E-state index contributed by atoms with van der Waals surface area (Å²) < 4.78 is 39.3. The van der Waals surface area contributed by atoms with Crippen molar-refractivity contribution in [3.05, 3.63) is 63.6 Å². The minimum absolute atomic E-state index is 0.0227. The van der Waals surface area contributed by atoms with Crippen LogP contribution in [0.2, 0.25) is 0 Å². The summed E-state index contributed by atoms with van der Waals surface area (Å²) in [5.41, 5.74) is 0.916. The first-order valence-electron chi connectivity index (χ1n) is 7.84. The van der Waals surface area contributed by atoms with Crippen LogP contribution in [0.1, 0.15) is 41.4 Å². The number of aromatic amines is 1. The fraction of sp³-hybridized carbons (Fsp3) is 0.235. The van der Waals surface area contributed by atoms with Crippen molar-refractivity contribution in [1.29, 1.82) is 0 Å². The number of benzene rings is 1. The van der Waals surface area contributed by atoms with Crippen LogP contribution in [0.15, 0.2) is 41.1 Å². The molecular formula is C17H17BrFN3O3S. The van der Waals surface area contributed by atoms with Crippen molar-refractivity contribution in [2.45, 2.75) is 24.7 Å². The smallest absolute Gasteiger partial charge is 0.216 e. The van der Waals surface area contributed by atoms with Crippen LogP contribution >= 0.6 is 15.9 Å². The van der Waals surface area contributed by atoms with Crippen molar-refractivity contribution in [2.24, 2.45) is 5.14 Å². The molecule has 0 aliphatic rings. The van der Waals surface area contributed by atoms with Gasteiger partial charge in [0, 0.05) is 38.9 Å². The van der Waals surface area contributed by atoms with E-state index in [-0.39, 0.29) is 17.5 Å². The van der Waals surface area contributed by atoms with Gasteiger partial charge in [-0.3, -0.25) is 0 Å². The second-order valence-electron chi connectivity index (χ2n) is 5.93. The summed E-state index contributed by atoms with van der Waals surface area (Å²) in [6.07, 6.45) is 1.99. The monoisotopic (exact) mass is 441 g/mol. The lowest BCUT2D eigenvalue weighted by atomic mass is 9.97. The fourth-order valence-electron chi connectivity index (χ4n) is 3.05. The van der Waals surface area contributed by atoms with E-state index in [1.165, 1.54) is 18.2 Å². The van der Waals surface area contributed by atoms with E-state index in [4.69, 9.17) is 5.14 Å². The van der Waals surface area contributed by atoms with Crippen LogP contribution in [0.3, 0.4) is 0 Å². The molecule has 26 heavy (non-hydrogen) atoms. The van der Waals surface area contributed by atoms with Gasteiger partial charge in [-0.1, -0.05) is 25.1 Å². The standard InChI is InChI=1S/C17H17BrFN3O3S/c1-2-14(26(20,24)25)10-4-3-5-11(15(10)19)16(23)13-8-22-17-12(13)6-9(18)7-21-17/h3-8,14,16,23H,2H2,1H3,(H,21,22)(H2,20,24,25). The van der Waals surface area contributed by atoms with E-state index in [9.17, 15) is 13.5 Å². The molecule has 6 nitrogen and oxygen atoms in total. The summed E-state index contributed by atoms with van der Waals surface area (Å²) in [4.78, 5) is 7.12. The number of sulfonamides is 1. The van der Waals surface area contributed by atoms with Gasteiger partial charge in [0.25, 0.3) is 0 Å². The Kier molecular flexibility index (Phi) is 5.16. The van der Waals surface area contributed by atoms with Gasteiger partial charge in [-0.05, 0) is 28.4 Å². The van der Waals surface area contributed by atoms with Crippen LogP contribution < -0.4 is 5.14 Å². The predicted octanol–water partition coefficient (Wildman–Crippen LogP) is 3.29. The molecular weight excluding hydrogens is 425 g/mol. The van der Waals surface area contributed by atoms with E-state index in [0.717, 1.165) is 0 Å². The lowest BCUT2D eigenvalue weighted by Crippen LogP contribution is -2.22. The first-order valence-corrected chi connectivity index (χ1v) is 10.2. The van der Waals surface area contributed by atoms with Gasteiger partial charge in [0.2, 0.25) is 10.0 Å². The third kappa shape index (κ3) is 3.39. The highest BCUT2D eigenvalue weighted by Crippen LogP contribution is 2.34. The van der Waals surface area contributed by atoms with Crippen LogP contribution in [-0.2, 0) is 10.0 Å². The number of hydrogen-bond acceptors (Lipinski definition) is 4. The Balaban J connectivity index is 2.12. The molecule has 0 saturated carbocycles. The third-order valence-corrected chi connectivity index (χ3v) is 6.11. The molecule has 0 bridgehead atoms. The molecule has 3 rings (SSSR count). The molecule has 0 fully saturated rings. The van der Waals surface area contributed by atoms with Crippen LogP contribution in [0.25, 0.3) is 11.0 Å². The summed E-state index contributed by atoms with van der Waals surface area (Å²) >= 11 is 3.32. The third-order valence-electron chi connectivity index (χ3n) is 4.29. The van der Waals surface area contributed by atoms with Gasteiger partial charge >= 0.3 is 0 Å². The maximum absolute atomic E-state index is 15.0. The molecule has 9 heteroatoms. The number of nitrogens with two attached hydrogens (primary N) is 1. The van der Waals surface area contributed by atoms with E-state index in [1.54, 1.807) is 25.4 Å². The van der Waals surface area contributed by atoms with Gasteiger partial charge in [0.05, 0.1) is 0 Å². The molecule has 0 aliphatic heterocycles. The van der Waals surface area contributed by atoms with E-state index in [2.05, 4.69) is 25.9 Å². The number of pyridine rings is 1. The van der Waals surface area contributed by atoms with Crippen molar-refractivity contribution in [2.75, 3.05) is 0 Å². The molecule has 2 atom stereocenters. The number of aliphatic hydroxyl groups is 1. The van der Waals surface area contributed by atoms with Crippen molar-refractivity contribution < 1.29 is 17.9 Å². The van der Waals surface area contributed by atoms with E-state index in [0.29, 0.717) is 21.1 Å². The topological polar surface area (TPSA) is 109 Å². The lowest BCUT2D eigenvalue weighted by molar-refractivity contribution is 0.216. The SMILES string of the molecule is CCC(c1cccc(C(O)c2c[nH]c3ncc(Br)cc23)c1F)S(N)(=O)=O. The molecule has 138 valence electrons. The molecule has 2 aromatic heterocycles. The number of primary sulfonamides is 1. The van der Waals surface area contributed by atoms with Gasteiger partial charge in [-0.25, -0.2) is 22.9 Å². The molecule has 4 N–H and O–H groups in total. The first kappa shape index (κ1) is 19.0. The van der Waals surface area contributed by atoms with Crippen molar-refractivity contribution in [1.82, 2.24) is 9.97 Å². The minimum atomic E-state index is -3.97. The highest BCUT2D eigenvalue weighted by atomic mass is 79.9. The normalized spacial score (nSPS) is 14.5. The Morgan fingerprint density at radius 3 is 2.69 bits per heavy atom. The van der Waals surface area contributed by atoms with Gasteiger partial charge in [0.15, 0.2) is 0 Å². The Hall–Kier alpha value is -1.81. The van der Waals surface area contributed by atoms with Crippen LogP contribution in [0.5, 0.6) is 0 Å². The number of nitrogens with one attached hydrogen (secondary N) is 1. The Morgan fingerprint density at radius 1 is 1.35 bits per heavy atom. The maximum atomic E-state index is 15.0. The van der Waals surface area contributed by atoms with Crippen molar-refractivity contribution >= 4 is 37.0 Å². The molecule has 0 radical (unpaired) electrons. The highest BCUT2D eigenvalue weighted by Gasteiger charge is 2.28. The molecule has 2 heterocycles. The fourth-order valence-corrected chi connectivity index (χ4v) is 4.38. The van der Waals surface area contributed by atoms with Gasteiger partial charge in [-0.2, -0.15) is 0 Å². The molecule has 0 spiro atoms. The first-order chi connectivity index (χ1) is 12.2. The second-order valence-corrected chi connectivity index (χ2v) is 8.60. The van der Waals surface area contributed by atoms with Crippen LogP contribution in [-0.4, -0.2) is 23.5 Å². The van der Waals surface area contributed by atoms with E-state index >= 15 is 4.39 Å². The predicted molar refractivity (Wildman–Crippen MR) is 100 cm³/mol. The molecule has 0 saturated heterocycles. The van der Waals surface area contributed by atoms with Crippen LogP contribution in [0, 0.1) is 5.82 Å². The number of aliphatic hydroxyl groups excluding tert-OH is 1. The van der Waals surface area contributed by atoms with Crippen molar-refractivity contribution in [3.63, 3.8) is 0 Å². The van der Waals surface area contributed by atoms with Crippen LogP contribution in [0.4, 0.5) is 4.39 Å². The quantitative estimate of drug-likeness (QED) is 0.564. The molecule has 0 aliphatic carbocycles. The summed E-state index contributed by atoms with van der Waals surface area (Å²) in [6, 6.07) is 6.06. The minimum Gasteiger partial charge on any atom is -0.383 e. The van der Waals surface area contributed by atoms with E-state index in [1.807, 2.05) is 0 Å².